The minimum atomic E-state index is -4.14. The second kappa shape index (κ2) is 11.0. The van der Waals surface area contributed by atoms with E-state index in [0.717, 1.165) is 21.5 Å². The van der Waals surface area contributed by atoms with Crippen molar-refractivity contribution in [2.75, 3.05) is 47.9 Å². The fourth-order valence-electron chi connectivity index (χ4n) is 4.87. The topological polar surface area (TPSA) is 138 Å². The second-order valence-electron chi connectivity index (χ2n) is 9.90. The zero-order valence-corrected chi connectivity index (χ0v) is 22.8. The van der Waals surface area contributed by atoms with E-state index in [1.807, 2.05) is 0 Å². The quantitative estimate of drug-likeness (QED) is 0.453. The van der Waals surface area contributed by atoms with Gasteiger partial charge in [-0.15, -0.1) is 0 Å². The molecule has 0 bridgehead atoms. The van der Waals surface area contributed by atoms with E-state index in [4.69, 9.17) is 9.57 Å². The van der Waals surface area contributed by atoms with Crippen LogP contribution in [0.15, 0.2) is 41.3 Å². The largest absolute Gasteiger partial charge is 0.438 e. The molecule has 3 aliphatic rings. The molecule has 2 heterocycles. The van der Waals surface area contributed by atoms with Gasteiger partial charge in [0, 0.05) is 44.3 Å². The molecule has 1 saturated carbocycles. The van der Waals surface area contributed by atoms with Crippen molar-refractivity contribution < 1.29 is 49.9 Å². The van der Waals surface area contributed by atoms with Gasteiger partial charge in [-0.3, -0.25) is 19.3 Å². The van der Waals surface area contributed by atoms with Crippen LogP contribution in [0.2, 0.25) is 0 Å². The molecule has 42 heavy (non-hydrogen) atoms. The summed E-state index contributed by atoms with van der Waals surface area (Å²) < 4.78 is 87.8. The Labute approximate surface area is 237 Å². The maximum atomic E-state index is 15.3. The van der Waals surface area contributed by atoms with E-state index in [2.05, 4.69) is 10.6 Å². The fraction of sp³-hybridized carbons (Fsp3) is 0.400. The van der Waals surface area contributed by atoms with Crippen LogP contribution in [0.4, 0.5) is 39.4 Å². The first-order valence-electron chi connectivity index (χ1n) is 12.7. The second-order valence-corrected chi connectivity index (χ2v) is 11.7. The Bertz CT molecular complexity index is 1500. The number of benzene rings is 2. The van der Waals surface area contributed by atoms with Crippen molar-refractivity contribution >= 4 is 45.0 Å². The summed E-state index contributed by atoms with van der Waals surface area (Å²) in [5, 5.41) is 4.60. The highest BCUT2D eigenvalue weighted by atomic mass is 32.2. The third kappa shape index (κ3) is 5.71. The Hall–Kier alpha value is -3.96. The van der Waals surface area contributed by atoms with Crippen LogP contribution in [0, 0.1) is 11.6 Å². The van der Waals surface area contributed by atoms with Crippen LogP contribution >= 0.6 is 0 Å². The predicted octanol–water partition coefficient (Wildman–Crippen LogP) is 2.21. The zero-order chi connectivity index (χ0) is 30.4. The molecular formula is C25H25F4N5O7S. The lowest BCUT2D eigenvalue weighted by Gasteiger charge is -2.24. The van der Waals surface area contributed by atoms with Crippen LogP contribution in [0.1, 0.15) is 13.3 Å². The summed E-state index contributed by atoms with van der Waals surface area (Å²) in [5.41, 5.74) is -1.52. The average molecular weight is 616 g/mol. The molecule has 2 aromatic rings. The number of sulfonamides is 1. The van der Waals surface area contributed by atoms with Gasteiger partial charge >= 0.3 is 12.5 Å². The molecule has 1 spiro atoms. The van der Waals surface area contributed by atoms with Gasteiger partial charge in [-0.05, 0) is 24.3 Å². The zero-order valence-electron chi connectivity index (χ0n) is 22.0. The Kier molecular flexibility index (Phi) is 7.76. The number of ether oxygens (including phenoxy) is 1. The number of amides is 3. The Morgan fingerprint density at radius 1 is 1.07 bits per heavy atom. The monoisotopic (exact) mass is 615 g/mol. The van der Waals surface area contributed by atoms with Crippen molar-refractivity contribution in [3.05, 3.63) is 48.0 Å². The molecule has 5 rings (SSSR count). The molecule has 2 aromatic carbocycles. The number of rotatable bonds is 7. The molecule has 1 aliphatic carbocycles. The number of hydrogen-bond donors (Lipinski definition) is 2. The third-order valence-corrected chi connectivity index (χ3v) is 8.69. The van der Waals surface area contributed by atoms with Gasteiger partial charge in [0.2, 0.25) is 5.91 Å². The molecule has 3 fully saturated rings. The number of hydroxylamine groups is 1. The van der Waals surface area contributed by atoms with Crippen LogP contribution in [0.5, 0.6) is 0 Å². The molecule has 2 saturated heterocycles. The Morgan fingerprint density at radius 3 is 2.36 bits per heavy atom. The number of hydrogen-bond acceptors (Lipinski definition) is 8. The van der Waals surface area contributed by atoms with E-state index < -0.39 is 57.4 Å². The smallest absolute Gasteiger partial charge is 0.415 e. The van der Waals surface area contributed by atoms with Gasteiger partial charge in [0.25, 0.3) is 15.9 Å². The molecule has 17 heteroatoms. The molecule has 12 nitrogen and oxygen atoms in total. The Balaban J connectivity index is 1.27. The highest BCUT2D eigenvalue weighted by Crippen LogP contribution is 2.46. The standard InChI is InChI=1S/C25H25F4N5O7S/c1-14(35)30-15-2-4-17(5-3-15)42(38,39)34-7-6-32(8-9-40-34)21-18(26)10-16(11-19(21)27)33-13-25(41-24(33)37)12-20(25)31-23(36)22(28)29/h2-5,10-11,20,22H,6-9,12-13H2,1H3,(H,30,35)(H,31,36)/t20?,25-/m1/s1. The van der Waals surface area contributed by atoms with Crippen LogP contribution in [0.3, 0.4) is 0 Å². The van der Waals surface area contributed by atoms with Gasteiger partial charge in [-0.25, -0.2) is 22.0 Å². The van der Waals surface area contributed by atoms with Crippen LogP contribution in [-0.2, 0) is 29.2 Å². The summed E-state index contributed by atoms with van der Waals surface area (Å²) in [7, 11) is -4.14. The number of carbonyl (C=O) groups is 3. The number of anilines is 3. The van der Waals surface area contributed by atoms with E-state index >= 15 is 8.78 Å². The van der Waals surface area contributed by atoms with Gasteiger partial charge in [0.15, 0.2) is 17.2 Å². The molecule has 0 radical (unpaired) electrons. The number of carbonyl (C=O) groups excluding carboxylic acids is 3. The number of nitrogens with zero attached hydrogens (tertiary/aromatic N) is 3. The highest BCUT2D eigenvalue weighted by molar-refractivity contribution is 7.89. The first kappa shape index (κ1) is 29.5. The minimum absolute atomic E-state index is 0.0684. The molecule has 3 amide bonds. The maximum absolute atomic E-state index is 15.3. The molecular weight excluding hydrogens is 590 g/mol. The van der Waals surface area contributed by atoms with Crippen molar-refractivity contribution in [2.24, 2.45) is 0 Å². The summed E-state index contributed by atoms with van der Waals surface area (Å²) in [6.45, 7) is 0.384. The van der Waals surface area contributed by atoms with Crippen molar-refractivity contribution in [1.82, 2.24) is 9.79 Å². The van der Waals surface area contributed by atoms with Crippen LogP contribution in [-0.4, -0.2) is 81.6 Å². The van der Waals surface area contributed by atoms with Crippen molar-refractivity contribution in [1.29, 1.82) is 0 Å². The predicted molar refractivity (Wildman–Crippen MR) is 138 cm³/mol. The van der Waals surface area contributed by atoms with Gasteiger partial charge in [-0.1, -0.05) is 4.47 Å². The fourth-order valence-corrected chi connectivity index (χ4v) is 6.12. The maximum Gasteiger partial charge on any atom is 0.415 e. The van der Waals surface area contributed by atoms with Gasteiger partial charge in [0.05, 0.1) is 36.3 Å². The van der Waals surface area contributed by atoms with Crippen LogP contribution < -0.4 is 20.4 Å². The van der Waals surface area contributed by atoms with E-state index in [9.17, 15) is 31.6 Å². The SMILES string of the molecule is CC(=O)Nc1ccc(S(=O)(=O)N2CCN(c3c(F)cc(N4C[C@@]5(CC5NC(=O)C(F)F)OC4=O)cc3F)CCO2)cc1. The lowest BCUT2D eigenvalue weighted by atomic mass is 10.2. The number of halogens is 4. The van der Waals surface area contributed by atoms with Crippen molar-refractivity contribution in [3.8, 4) is 0 Å². The molecule has 226 valence electrons. The van der Waals surface area contributed by atoms with Gasteiger partial charge in [0.1, 0.15) is 5.69 Å². The molecule has 2 atom stereocenters. The summed E-state index contributed by atoms with van der Waals surface area (Å²) in [6.07, 6.45) is -4.13. The Morgan fingerprint density at radius 2 is 1.74 bits per heavy atom. The summed E-state index contributed by atoms with van der Waals surface area (Å²) in [4.78, 5) is 42.4. The minimum Gasteiger partial charge on any atom is -0.438 e. The van der Waals surface area contributed by atoms with Gasteiger partial charge in [-0.2, -0.15) is 8.78 Å². The van der Waals surface area contributed by atoms with E-state index in [0.29, 0.717) is 5.69 Å². The average Bonchev–Trinajstić information content (AvgIpc) is 3.54. The van der Waals surface area contributed by atoms with Crippen molar-refractivity contribution in [3.63, 3.8) is 0 Å². The lowest BCUT2D eigenvalue weighted by Crippen LogP contribution is -2.37. The number of nitrogens with one attached hydrogen (secondary N) is 2. The molecule has 0 aromatic heterocycles. The van der Waals surface area contributed by atoms with Crippen molar-refractivity contribution in [2.45, 2.75) is 36.3 Å². The lowest BCUT2D eigenvalue weighted by molar-refractivity contribution is -0.132. The highest BCUT2D eigenvalue weighted by Gasteiger charge is 2.64. The first-order chi connectivity index (χ1) is 19.8. The summed E-state index contributed by atoms with van der Waals surface area (Å²) in [6, 6.07) is 6.35. The summed E-state index contributed by atoms with van der Waals surface area (Å²) in [5.74, 6) is -3.92. The molecule has 1 unspecified atom stereocenters. The molecule has 2 aliphatic heterocycles. The van der Waals surface area contributed by atoms with E-state index in [-0.39, 0.29) is 55.7 Å². The van der Waals surface area contributed by atoms with E-state index in [1.165, 1.54) is 36.1 Å². The van der Waals surface area contributed by atoms with Gasteiger partial charge < -0.3 is 20.3 Å². The third-order valence-electron chi connectivity index (χ3n) is 7.00. The normalized spacial score (nSPS) is 22.7. The van der Waals surface area contributed by atoms with E-state index in [1.54, 1.807) is 0 Å². The van der Waals surface area contributed by atoms with Crippen LogP contribution in [0.25, 0.3) is 0 Å². The number of alkyl halides is 2. The summed E-state index contributed by atoms with van der Waals surface area (Å²) >= 11 is 0. The first-order valence-corrected chi connectivity index (χ1v) is 14.1. The molecule has 2 N–H and O–H groups in total.